The minimum atomic E-state index is -3.69. The summed E-state index contributed by atoms with van der Waals surface area (Å²) >= 11 is 0. The molecule has 1 aliphatic heterocycles. The highest BCUT2D eigenvalue weighted by molar-refractivity contribution is 7.89. The Hall–Kier alpha value is -2.29. The van der Waals surface area contributed by atoms with Crippen molar-refractivity contribution in [1.29, 1.82) is 0 Å². The first-order valence-electron chi connectivity index (χ1n) is 8.13. The predicted molar refractivity (Wildman–Crippen MR) is 95.1 cm³/mol. The van der Waals surface area contributed by atoms with E-state index in [0.29, 0.717) is 24.5 Å². The van der Waals surface area contributed by atoms with Gasteiger partial charge in [0.05, 0.1) is 18.1 Å². The Morgan fingerprint density at radius 3 is 2.62 bits per heavy atom. The predicted octanol–water partition coefficient (Wildman–Crippen LogP) is 2.41. The maximum absolute atomic E-state index is 13.4. The number of amides is 1. The number of morpholine rings is 1. The summed E-state index contributed by atoms with van der Waals surface area (Å²) in [6.45, 7) is 2.99. The third-order valence-electron chi connectivity index (χ3n) is 4.15. The third kappa shape index (κ3) is 3.92. The van der Waals surface area contributed by atoms with E-state index in [1.807, 2.05) is 0 Å². The van der Waals surface area contributed by atoms with Gasteiger partial charge in [0.1, 0.15) is 5.82 Å². The molecule has 26 heavy (non-hydrogen) atoms. The van der Waals surface area contributed by atoms with Crippen LogP contribution in [0, 0.1) is 12.7 Å². The molecule has 2 aromatic carbocycles. The largest absolute Gasteiger partial charge is 0.379 e. The van der Waals surface area contributed by atoms with Crippen LogP contribution < -0.4 is 5.32 Å². The topological polar surface area (TPSA) is 75.7 Å². The van der Waals surface area contributed by atoms with Crippen molar-refractivity contribution < 1.29 is 22.3 Å². The summed E-state index contributed by atoms with van der Waals surface area (Å²) in [4.78, 5) is 12.5. The molecule has 0 bridgehead atoms. The number of carbonyl (C=O) groups is 1. The van der Waals surface area contributed by atoms with Crippen LogP contribution in [0.25, 0.3) is 0 Å². The van der Waals surface area contributed by atoms with Crippen LogP contribution in [0.5, 0.6) is 0 Å². The molecule has 138 valence electrons. The molecule has 0 spiro atoms. The van der Waals surface area contributed by atoms with E-state index in [0.717, 1.165) is 0 Å². The second-order valence-corrected chi connectivity index (χ2v) is 7.90. The Morgan fingerprint density at radius 1 is 1.15 bits per heavy atom. The van der Waals surface area contributed by atoms with Gasteiger partial charge in [-0.3, -0.25) is 4.79 Å². The van der Waals surface area contributed by atoms with Gasteiger partial charge in [0.25, 0.3) is 5.91 Å². The fraction of sp³-hybridized carbons (Fsp3) is 0.278. The molecule has 1 saturated heterocycles. The van der Waals surface area contributed by atoms with Crippen LogP contribution in [0.1, 0.15) is 15.9 Å². The van der Waals surface area contributed by atoms with Gasteiger partial charge in [-0.2, -0.15) is 4.31 Å². The molecular weight excluding hydrogens is 359 g/mol. The highest BCUT2D eigenvalue weighted by atomic mass is 32.2. The molecule has 1 heterocycles. The molecule has 3 rings (SSSR count). The number of rotatable bonds is 4. The first-order chi connectivity index (χ1) is 12.4. The lowest BCUT2D eigenvalue weighted by atomic mass is 10.1. The van der Waals surface area contributed by atoms with Crippen LogP contribution in [0.15, 0.2) is 47.4 Å². The first kappa shape index (κ1) is 18.5. The monoisotopic (exact) mass is 378 g/mol. The molecular formula is C18H19FN2O4S. The molecule has 0 aromatic heterocycles. The number of benzene rings is 2. The zero-order chi connectivity index (χ0) is 18.7. The van der Waals surface area contributed by atoms with Gasteiger partial charge in [0.15, 0.2) is 0 Å². The molecule has 1 N–H and O–H groups in total. The van der Waals surface area contributed by atoms with Crippen LogP contribution >= 0.6 is 0 Å². The number of carbonyl (C=O) groups excluding carboxylic acids is 1. The molecule has 0 saturated carbocycles. The molecule has 2 aromatic rings. The summed E-state index contributed by atoms with van der Waals surface area (Å²) in [5.41, 5.74) is 1.23. The van der Waals surface area contributed by atoms with Gasteiger partial charge in [-0.25, -0.2) is 12.8 Å². The minimum absolute atomic E-state index is 0.0445. The van der Waals surface area contributed by atoms with Gasteiger partial charge < -0.3 is 10.1 Å². The number of anilines is 1. The highest BCUT2D eigenvalue weighted by Gasteiger charge is 2.26. The summed E-state index contributed by atoms with van der Waals surface area (Å²) in [6, 6.07) is 9.90. The Bertz CT molecular complexity index is 925. The van der Waals surface area contributed by atoms with Crippen LogP contribution in [0.3, 0.4) is 0 Å². The number of aryl methyl sites for hydroxylation is 1. The third-order valence-corrected chi connectivity index (χ3v) is 6.05. The average molecular weight is 378 g/mol. The second kappa shape index (κ2) is 7.53. The minimum Gasteiger partial charge on any atom is -0.379 e. The second-order valence-electron chi connectivity index (χ2n) is 5.96. The normalized spacial score (nSPS) is 15.6. The van der Waals surface area contributed by atoms with E-state index < -0.39 is 21.7 Å². The molecule has 8 heteroatoms. The zero-order valence-corrected chi connectivity index (χ0v) is 15.1. The fourth-order valence-corrected chi connectivity index (χ4v) is 4.11. The molecule has 1 fully saturated rings. The lowest BCUT2D eigenvalue weighted by Gasteiger charge is -2.26. The molecule has 0 aliphatic carbocycles. The van der Waals surface area contributed by atoms with Crippen molar-refractivity contribution >= 4 is 21.6 Å². The molecule has 6 nitrogen and oxygen atoms in total. The highest BCUT2D eigenvalue weighted by Crippen LogP contribution is 2.20. The average Bonchev–Trinajstić information content (AvgIpc) is 2.65. The van der Waals surface area contributed by atoms with Crippen molar-refractivity contribution in [2.24, 2.45) is 0 Å². The zero-order valence-electron chi connectivity index (χ0n) is 14.2. The Kier molecular flexibility index (Phi) is 5.36. The standard InChI is InChI=1S/C18H19FN2O4S/c1-13-5-6-15(19)12-17(13)20-18(22)14-3-2-4-16(11-14)26(23,24)21-7-9-25-10-8-21/h2-6,11-12H,7-10H2,1H3,(H,20,22). The van der Waals surface area contributed by atoms with Crippen molar-refractivity contribution in [3.63, 3.8) is 0 Å². The summed E-state index contributed by atoms with van der Waals surface area (Å²) < 4.78 is 45.3. The number of nitrogens with zero attached hydrogens (tertiary/aromatic N) is 1. The van der Waals surface area contributed by atoms with E-state index in [1.54, 1.807) is 13.0 Å². The number of ether oxygens (including phenoxy) is 1. The summed E-state index contributed by atoms with van der Waals surface area (Å²) in [6.07, 6.45) is 0. The van der Waals surface area contributed by atoms with Crippen LogP contribution in [0.2, 0.25) is 0 Å². The number of hydrogen-bond donors (Lipinski definition) is 1. The van der Waals surface area contributed by atoms with E-state index in [1.165, 1.54) is 40.7 Å². The summed E-state index contributed by atoms with van der Waals surface area (Å²) in [7, 11) is -3.69. The van der Waals surface area contributed by atoms with E-state index >= 15 is 0 Å². The maximum atomic E-state index is 13.4. The molecule has 1 aliphatic rings. The van der Waals surface area contributed by atoms with E-state index in [2.05, 4.69) is 5.32 Å². The Labute approximate surface area is 151 Å². The lowest BCUT2D eigenvalue weighted by molar-refractivity contribution is 0.0730. The van der Waals surface area contributed by atoms with E-state index in [9.17, 15) is 17.6 Å². The quantitative estimate of drug-likeness (QED) is 0.887. The fourth-order valence-electron chi connectivity index (χ4n) is 2.66. The first-order valence-corrected chi connectivity index (χ1v) is 9.57. The van der Waals surface area contributed by atoms with E-state index in [4.69, 9.17) is 4.74 Å². The maximum Gasteiger partial charge on any atom is 0.255 e. The van der Waals surface area contributed by atoms with Crippen molar-refractivity contribution in [1.82, 2.24) is 4.31 Å². The van der Waals surface area contributed by atoms with Crippen molar-refractivity contribution in [2.75, 3.05) is 31.6 Å². The van der Waals surface area contributed by atoms with Gasteiger partial charge in [-0.05, 0) is 42.8 Å². The van der Waals surface area contributed by atoms with Gasteiger partial charge in [0, 0.05) is 24.3 Å². The molecule has 0 unspecified atom stereocenters. The van der Waals surface area contributed by atoms with Crippen LogP contribution in [-0.4, -0.2) is 44.9 Å². The van der Waals surface area contributed by atoms with Crippen LogP contribution in [0.4, 0.5) is 10.1 Å². The smallest absolute Gasteiger partial charge is 0.255 e. The van der Waals surface area contributed by atoms with Gasteiger partial charge in [-0.1, -0.05) is 12.1 Å². The van der Waals surface area contributed by atoms with Gasteiger partial charge >= 0.3 is 0 Å². The van der Waals surface area contributed by atoms with Crippen molar-refractivity contribution in [3.05, 3.63) is 59.4 Å². The Balaban J connectivity index is 1.84. The summed E-state index contributed by atoms with van der Waals surface area (Å²) in [5, 5.41) is 2.62. The van der Waals surface area contributed by atoms with Crippen molar-refractivity contribution in [3.8, 4) is 0 Å². The number of sulfonamides is 1. The van der Waals surface area contributed by atoms with E-state index in [-0.39, 0.29) is 23.5 Å². The number of hydrogen-bond acceptors (Lipinski definition) is 4. The SMILES string of the molecule is Cc1ccc(F)cc1NC(=O)c1cccc(S(=O)(=O)N2CCOCC2)c1. The number of halogens is 1. The number of nitrogens with one attached hydrogen (secondary N) is 1. The van der Waals surface area contributed by atoms with Gasteiger partial charge in [0.2, 0.25) is 10.0 Å². The molecule has 0 radical (unpaired) electrons. The lowest BCUT2D eigenvalue weighted by Crippen LogP contribution is -2.40. The molecule has 0 atom stereocenters. The Morgan fingerprint density at radius 2 is 1.88 bits per heavy atom. The van der Waals surface area contributed by atoms with Crippen LogP contribution in [-0.2, 0) is 14.8 Å². The summed E-state index contributed by atoms with van der Waals surface area (Å²) in [5.74, 6) is -0.965. The molecule has 1 amide bonds. The van der Waals surface area contributed by atoms with Crippen molar-refractivity contribution in [2.45, 2.75) is 11.8 Å². The van der Waals surface area contributed by atoms with Gasteiger partial charge in [-0.15, -0.1) is 0 Å².